The van der Waals surface area contributed by atoms with Crippen molar-refractivity contribution in [2.75, 3.05) is 50.6 Å². The highest BCUT2D eigenvalue weighted by molar-refractivity contribution is 6.07. The lowest BCUT2D eigenvalue weighted by Crippen LogP contribution is -2.51. The Labute approximate surface area is 241 Å². The Morgan fingerprint density at radius 1 is 0.805 bits per heavy atom. The Morgan fingerprint density at radius 2 is 1.46 bits per heavy atom. The van der Waals surface area contributed by atoms with Crippen LogP contribution in [0.25, 0.3) is 0 Å². The molecule has 2 saturated carbocycles. The van der Waals surface area contributed by atoms with Crippen LogP contribution in [-0.4, -0.2) is 75.1 Å². The van der Waals surface area contributed by atoms with Crippen molar-refractivity contribution in [2.24, 2.45) is 11.7 Å². The third kappa shape index (κ3) is 6.59. The van der Waals surface area contributed by atoms with E-state index in [0.717, 1.165) is 50.6 Å². The van der Waals surface area contributed by atoms with Crippen molar-refractivity contribution >= 4 is 29.1 Å². The zero-order chi connectivity index (χ0) is 28.9. The first-order chi connectivity index (χ1) is 19.9. The minimum absolute atomic E-state index is 0.0908. The van der Waals surface area contributed by atoms with Crippen LogP contribution in [0.2, 0.25) is 0 Å². The lowest BCUT2D eigenvalue weighted by molar-refractivity contribution is -0.138. The number of piperazine rings is 1. The Balaban J connectivity index is 1.35. The number of methoxy groups -OCH3 is 2. The summed E-state index contributed by atoms with van der Waals surface area (Å²) in [6.45, 7) is 2.55. The maximum atomic E-state index is 13.4. The molecule has 3 aliphatic rings. The highest BCUT2D eigenvalue weighted by Gasteiger charge is 2.32. The van der Waals surface area contributed by atoms with Gasteiger partial charge in [0.25, 0.3) is 11.8 Å². The molecule has 0 spiro atoms. The molecule has 0 bridgehead atoms. The number of hydrogen-bond acceptors (Lipinski definition) is 7. The van der Waals surface area contributed by atoms with Gasteiger partial charge in [-0.15, -0.1) is 0 Å². The SMILES string of the molecule is COc1ccc(C(=O)Nc2cc(C(=O)NC3CCC(N)CC3)ccc2N2CCN(C(=O)C3CCC3)CC2)cc1OC. The third-order valence-electron chi connectivity index (χ3n) is 8.65. The van der Waals surface area contributed by atoms with Crippen LogP contribution in [0.15, 0.2) is 36.4 Å². The second-order valence-electron chi connectivity index (χ2n) is 11.3. The number of carbonyl (C=O) groups is 3. The fourth-order valence-electron chi connectivity index (χ4n) is 5.84. The third-order valence-corrected chi connectivity index (χ3v) is 8.65. The summed E-state index contributed by atoms with van der Waals surface area (Å²) in [6, 6.07) is 10.7. The highest BCUT2D eigenvalue weighted by Crippen LogP contribution is 2.33. The number of carbonyl (C=O) groups excluding carboxylic acids is 3. The molecule has 10 heteroatoms. The van der Waals surface area contributed by atoms with Crippen molar-refractivity contribution in [1.29, 1.82) is 0 Å². The number of nitrogens with zero attached hydrogens (tertiary/aromatic N) is 2. The van der Waals surface area contributed by atoms with E-state index in [1.165, 1.54) is 7.11 Å². The van der Waals surface area contributed by atoms with Crippen LogP contribution < -0.4 is 30.7 Å². The summed E-state index contributed by atoms with van der Waals surface area (Å²) >= 11 is 0. The van der Waals surface area contributed by atoms with Gasteiger partial charge in [-0.2, -0.15) is 0 Å². The van der Waals surface area contributed by atoms with Crippen molar-refractivity contribution in [3.63, 3.8) is 0 Å². The van der Waals surface area contributed by atoms with Gasteiger partial charge >= 0.3 is 0 Å². The van der Waals surface area contributed by atoms with Crippen LogP contribution in [0.1, 0.15) is 65.7 Å². The van der Waals surface area contributed by atoms with Gasteiger partial charge in [-0.3, -0.25) is 14.4 Å². The average Bonchev–Trinajstić information content (AvgIpc) is 2.97. The fourth-order valence-corrected chi connectivity index (χ4v) is 5.84. The predicted octanol–water partition coefficient (Wildman–Crippen LogP) is 3.40. The Hall–Kier alpha value is -3.79. The minimum atomic E-state index is -0.329. The van der Waals surface area contributed by atoms with Gasteiger partial charge in [0.2, 0.25) is 5.91 Å². The van der Waals surface area contributed by atoms with Crippen LogP contribution in [0, 0.1) is 5.92 Å². The molecule has 2 aromatic rings. The van der Waals surface area contributed by atoms with Gasteiger partial charge in [0, 0.05) is 55.3 Å². The number of anilines is 2. The molecule has 4 N–H and O–H groups in total. The molecule has 2 aliphatic carbocycles. The van der Waals surface area contributed by atoms with Crippen molar-refractivity contribution in [1.82, 2.24) is 10.2 Å². The molecule has 1 heterocycles. The maximum Gasteiger partial charge on any atom is 0.255 e. The summed E-state index contributed by atoms with van der Waals surface area (Å²) in [7, 11) is 3.07. The summed E-state index contributed by atoms with van der Waals surface area (Å²) in [5.74, 6) is 0.915. The number of hydrogen-bond donors (Lipinski definition) is 3. The van der Waals surface area contributed by atoms with Gasteiger partial charge in [-0.05, 0) is 74.9 Å². The number of amides is 3. The van der Waals surface area contributed by atoms with E-state index in [-0.39, 0.29) is 35.7 Å². The second kappa shape index (κ2) is 12.8. The smallest absolute Gasteiger partial charge is 0.255 e. The Bertz CT molecular complexity index is 1260. The first-order valence-electron chi connectivity index (χ1n) is 14.6. The van der Waals surface area contributed by atoms with Gasteiger partial charge in [-0.1, -0.05) is 6.42 Å². The van der Waals surface area contributed by atoms with Crippen molar-refractivity contribution in [3.8, 4) is 11.5 Å². The summed E-state index contributed by atoms with van der Waals surface area (Å²) in [6.07, 6.45) is 6.62. The molecular formula is C31H41N5O5. The quantitative estimate of drug-likeness (QED) is 0.449. The van der Waals surface area contributed by atoms with Crippen LogP contribution in [0.3, 0.4) is 0 Å². The molecule has 220 valence electrons. The van der Waals surface area contributed by atoms with Crippen molar-refractivity contribution < 1.29 is 23.9 Å². The van der Waals surface area contributed by atoms with Crippen LogP contribution in [-0.2, 0) is 4.79 Å². The molecule has 41 heavy (non-hydrogen) atoms. The van der Waals surface area contributed by atoms with Gasteiger partial charge < -0.3 is 35.6 Å². The van der Waals surface area contributed by atoms with Gasteiger partial charge in [0.1, 0.15) is 0 Å². The van der Waals surface area contributed by atoms with E-state index in [9.17, 15) is 14.4 Å². The predicted molar refractivity (Wildman–Crippen MR) is 158 cm³/mol. The molecule has 3 amide bonds. The number of benzene rings is 2. The molecule has 10 nitrogen and oxygen atoms in total. The first-order valence-corrected chi connectivity index (χ1v) is 14.6. The number of nitrogens with one attached hydrogen (secondary N) is 2. The average molecular weight is 564 g/mol. The fraction of sp³-hybridized carbons (Fsp3) is 0.516. The monoisotopic (exact) mass is 563 g/mol. The van der Waals surface area contributed by atoms with Crippen LogP contribution >= 0.6 is 0 Å². The van der Waals surface area contributed by atoms with E-state index in [0.29, 0.717) is 54.5 Å². The molecule has 0 unspecified atom stereocenters. The largest absolute Gasteiger partial charge is 0.493 e. The zero-order valence-corrected chi connectivity index (χ0v) is 24.0. The normalized spacial score (nSPS) is 21.0. The lowest BCUT2D eigenvalue weighted by atomic mass is 9.84. The van der Waals surface area contributed by atoms with E-state index in [4.69, 9.17) is 15.2 Å². The molecular weight excluding hydrogens is 522 g/mol. The molecule has 5 rings (SSSR count). The molecule has 0 aromatic heterocycles. The van der Waals surface area contributed by atoms with Gasteiger partial charge in [0.05, 0.1) is 25.6 Å². The standard InChI is InChI=1S/C31H41N5O5/c1-40-27-13-7-22(19-28(27)41-2)30(38)34-25-18-21(29(37)33-24-10-8-23(32)9-11-24)6-12-26(25)35-14-16-36(17-15-35)31(39)20-4-3-5-20/h6-7,12-13,18-20,23-24H,3-5,8-11,14-17,32H2,1-2H3,(H,33,37)(H,34,38). The maximum absolute atomic E-state index is 13.4. The highest BCUT2D eigenvalue weighted by atomic mass is 16.5. The Kier molecular flexibility index (Phi) is 8.97. The van der Waals surface area contributed by atoms with Gasteiger partial charge in [-0.25, -0.2) is 0 Å². The lowest BCUT2D eigenvalue weighted by Gasteiger charge is -2.39. The minimum Gasteiger partial charge on any atom is -0.493 e. The molecule has 3 fully saturated rings. The molecule has 1 saturated heterocycles. The molecule has 0 atom stereocenters. The summed E-state index contributed by atoms with van der Waals surface area (Å²) in [5.41, 5.74) is 8.27. The zero-order valence-electron chi connectivity index (χ0n) is 24.0. The summed E-state index contributed by atoms with van der Waals surface area (Å²) in [5, 5.41) is 6.17. The topological polar surface area (TPSA) is 126 Å². The van der Waals surface area contributed by atoms with Crippen molar-refractivity contribution in [2.45, 2.75) is 57.0 Å². The van der Waals surface area contributed by atoms with Crippen molar-refractivity contribution in [3.05, 3.63) is 47.5 Å². The van der Waals surface area contributed by atoms with E-state index in [2.05, 4.69) is 15.5 Å². The number of rotatable bonds is 8. The summed E-state index contributed by atoms with van der Waals surface area (Å²) in [4.78, 5) is 43.5. The van der Waals surface area contributed by atoms with Crippen LogP contribution in [0.4, 0.5) is 11.4 Å². The van der Waals surface area contributed by atoms with Crippen LogP contribution in [0.5, 0.6) is 11.5 Å². The molecule has 0 radical (unpaired) electrons. The number of ether oxygens (including phenoxy) is 2. The second-order valence-corrected chi connectivity index (χ2v) is 11.3. The molecule has 1 aliphatic heterocycles. The van der Waals surface area contributed by atoms with E-state index in [1.807, 2.05) is 11.0 Å². The summed E-state index contributed by atoms with van der Waals surface area (Å²) < 4.78 is 10.7. The van der Waals surface area contributed by atoms with E-state index < -0.39 is 0 Å². The van der Waals surface area contributed by atoms with E-state index in [1.54, 1.807) is 37.4 Å². The van der Waals surface area contributed by atoms with Gasteiger partial charge in [0.15, 0.2) is 11.5 Å². The Morgan fingerprint density at radius 3 is 2.10 bits per heavy atom. The molecule has 2 aromatic carbocycles. The first kappa shape index (κ1) is 28.7. The van der Waals surface area contributed by atoms with E-state index >= 15 is 0 Å². The number of nitrogens with two attached hydrogens (primary N) is 1.